The number of benzene rings is 1. The molecule has 0 unspecified atom stereocenters. The Morgan fingerprint density at radius 2 is 2.07 bits per heavy atom. The van der Waals surface area contributed by atoms with Crippen LogP contribution in [0.4, 0.5) is 8.78 Å². The third-order valence-corrected chi connectivity index (χ3v) is 2.82. The Morgan fingerprint density at radius 3 is 2.67 bits per heavy atom. The minimum Gasteiger partial charge on any atom is -0.268 e. The third-order valence-electron chi connectivity index (χ3n) is 2.36. The van der Waals surface area contributed by atoms with Crippen LogP contribution in [-0.4, -0.2) is 9.78 Å². The Balaban J connectivity index is 2.89. The minimum absolute atomic E-state index is 0.0324. The summed E-state index contributed by atoms with van der Waals surface area (Å²) in [5.41, 5.74) is 1.39. The highest BCUT2D eigenvalue weighted by Gasteiger charge is 2.17. The standard InChI is InChI=1S/C10H9BrF2N2/c1-5-9-7(10(12)13)3-6(11)4-8(9)15(2)14-5/h3-4,10H,1-2H3. The van der Waals surface area contributed by atoms with Gasteiger partial charge in [-0.05, 0) is 19.1 Å². The van der Waals surface area contributed by atoms with Crippen molar-refractivity contribution in [1.82, 2.24) is 9.78 Å². The Labute approximate surface area is 94.0 Å². The molecule has 0 spiro atoms. The Morgan fingerprint density at radius 1 is 1.40 bits per heavy atom. The molecule has 1 aromatic carbocycles. The number of hydrogen-bond donors (Lipinski definition) is 0. The first-order chi connectivity index (χ1) is 7.00. The van der Waals surface area contributed by atoms with Gasteiger partial charge in [0.05, 0.1) is 11.2 Å². The van der Waals surface area contributed by atoms with Gasteiger partial charge < -0.3 is 0 Å². The average Bonchev–Trinajstić information content (AvgIpc) is 2.41. The fourth-order valence-electron chi connectivity index (χ4n) is 1.76. The van der Waals surface area contributed by atoms with E-state index in [9.17, 15) is 8.78 Å². The van der Waals surface area contributed by atoms with Crippen molar-refractivity contribution in [1.29, 1.82) is 0 Å². The molecule has 0 bridgehead atoms. The smallest absolute Gasteiger partial charge is 0.264 e. The molecule has 80 valence electrons. The Hall–Kier alpha value is -0.970. The van der Waals surface area contributed by atoms with E-state index in [0.717, 1.165) is 5.52 Å². The molecular weight excluding hydrogens is 266 g/mol. The highest BCUT2D eigenvalue weighted by atomic mass is 79.9. The molecule has 2 rings (SSSR count). The summed E-state index contributed by atoms with van der Waals surface area (Å²) in [6, 6.07) is 3.24. The van der Waals surface area contributed by atoms with Crippen LogP contribution >= 0.6 is 15.9 Å². The molecule has 0 atom stereocenters. The van der Waals surface area contributed by atoms with Crippen LogP contribution in [0.25, 0.3) is 10.9 Å². The monoisotopic (exact) mass is 274 g/mol. The largest absolute Gasteiger partial charge is 0.268 e. The molecule has 0 aliphatic heterocycles. The topological polar surface area (TPSA) is 17.8 Å². The molecule has 2 nitrogen and oxygen atoms in total. The minimum atomic E-state index is -2.48. The van der Waals surface area contributed by atoms with E-state index in [4.69, 9.17) is 0 Å². The van der Waals surface area contributed by atoms with Gasteiger partial charge in [-0.2, -0.15) is 5.10 Å². The van der Waals surface area contributed by atoms with Crippen LogP contribution in [0.2, 0.25) is 0 Å². The van der Waals surface area contributed by atoms with Crippen molar-refractivity contribution >= 4 is 26.8 Å². The maximum absolute atomic E-state index is 12.8. The van der Waals surface area contributed by atoms with Crippen molar-refractivity contribution in [2.45, 2.75) is 13.3 Å². The van der Waals surface area contributed by atoms with Crippen molar-refractivity contribution in [3.63, 3.8) is 0 Å². The van der Waals surface area contributed by atoms with Gasteiger partial charge >= 0.3 is 0 Å². The van der Waals surface area contributed by atoms with Crippen LogP contribution in [0.3, 0.4) is 0 Å². The SMILES string of the molecule is Cc1nn(C)c2cc(Br)cc(C(F)F)c12. The number of nitrogens with zero attached hydrogens (tertiary/aromatic N) is 2. The second-order valence-corrected chi connectivity index (χ2v) is 4.31. The molecule has 1 aromatic heterocycles. The number of halogens is 3. The van der Waals surface area contributed by atoms with E-state index >= 15 is 0 Å². The van der Waals surface area contributed by atoms with Crippen LogP contribution in [0.5, 0.6) is 0 Å². The van der Waals surface area contributed by atoms with Crippen LogP contribution in [0, 0.1) is 6.92 Å². The van der Waals surface area contributed by atoms with Crippen LogP contribution in [-0.2, 0) is 7.05 Å². The molecule has 1 heterocycles. The lowest BCUT2D eigenvalue weighted by atomic mass is 10.1. The number of aryl methyl sites for hydroxylation is 2. The van der Waals surface area contributed by atoms with Crippen molar-refractivity contribution in [2.75, 3.05) is 0 Å². The van der Waals surface area contributed by atoms with Crippen molar-refractivity contribution in [3.05, 3.63) is 27.9 Å². The highest BCUT2D eigenvalue weighted by molar-refractivity contribution is 9.10. The quantitative estimate of drug-likeness (QED) is 0.777. The van der Waals surface area contributed by atoms with Gasteiger partial charge in [-0.3, -0.25) is 4.68 Å². The zero-order valence-electron chi connectivity index (χ0n) is 8.26. The van der Waals surface area contributed by atoms with Crippen LogP contribution < -0.4 is 0 Å². The van der Waals surface area contributed by atoms with E-state index in [1.54, 1.807) is 24.7 Å². The van der Waals surface area contributed by atoms with Gasteiger partial charge in [0.2, 0.25) is 0 Å². The van der Waals surface area contributed by atoms with Gasteiger partial charge in [0.1, 0.15) is 0 Å². The van der Waals surface area contributed by atoms with Crippen molar-refractivity contribution < 1.29 is 8.78 Å². The second-order valence-electron chi connectivity index (χ2n) is 3.40. The van der Waals surface area contributed by atoms with E-state index in [1.807, 2.05) is 0 Å². The van der Waals surface area contributed by atoms with Crippen LogP contribution in [0.15, 0.2) is 16.6 Å². The summed E-state index contributed by atoms with van der Waals surface area (Å²) in [7, 11) is 1.75. The molecule has 0 aliphatic rings. The van der Waals surface area contributed by atoms with Crippen LogP contribution in [0.1, 0.15) is 17.7 Å². The maximum Gasteiger partial charge on any atom is 0.264 e. The number of hydrogen-bond acceptors (Lipinski definition) is 1. The predicted octanol–water partition coefficient (Wildman–Crippen LogP) is 3.58. The summed E-state index contributed by atoms with van der Waals surface area (Å²) in [4.78, 5) is 0. The van der Waals surface area contributed by atoms with E-state index < -0.39 is 6.43 Å². The molecule has 0 saturated heterocycles. The van der Waals surface area contributed by atoms with E-state index in [-0.39, 0.29) is 5.56 Å². The third kappa shape index (κ3) is 1.65. The first kappa shape index (κ1) is 10.5. The highest BCUT2D eigenvalue weighted by Crippen LogP contribution is 2.32. The summed E-state index contributed by atoms with van der Waals surface area (Å²) in [5.74, 6) is 0. The number of aromatic nitrogens is 2. The molecule has 0 aliphatic carbocycles. The summed E-state index contributed by atoms with van der Waals surface area (Å²) in [5, 5.41) is 4.69. The molecule has 2 aromatic rings. The maximum atomic E-state index is 12.8. The van der Waals surface area contributed by atoms with Gasteiger partial charge in [-0.15, -0.1) is 0 Å². The molecule has 0 radical (unpaired) electrons. The lowest BCUT2D eigenvalue weighted by Crippen LogP contribution is -1.90. The van der Waals surface area contributed by atoms with E-state index in [0.29, 0.717) is 15.6 Å². The molecule has 0 saturated carbocycles. The zero-order chi connectivity index (χ0) is 11.2. The fraction of sp³-hybridized carbons (Fsp3) is 0.300. The molecule has 15 heavy (non-hydrogen) atoms. The first-order valence-electron chi connectivity index (χ1n) is 4.41. The van der Waals surface area contributed by atoms with Crippen molar-refractivity contribution in [2.24, 2.45) is 7.05 Å². The molecule has 0 amide bonds. The zero-order valence-corrected chi connectivity index (χ0v) is 9.85. The molecule has 0 N–H and O–H groups in total. The van der Waals surface area contributed by atoms with Crippen molar-refractivity contribution in [3.8, 4) is 0 Å². The number of fused-ring (bicyclic) bond motifs is 1. The van der Waals surface area contributed by atoms with Gasteiger partial charge in [0, 0.05) is 22.5 Å². The van der Waals surface area contributed by atoms with Gasteiger partial charge in [0.25, 0.3) is 6.43 Å². The Kier molecular flexibility index (Phi) is 2.50. The second kappa shape index (κ2) is 3.56. The van der Waals surface area contributed by atoms with Gasteiger partial charge in [-0.25, -0.2) is 8.78 Å². The first-order valence-corrected chi connectivity index (χ1v) is 5.21. The fourth-order valence-corrected chi connectivity index (χ4v) is 2.23. The summed E-state index contributed by atoms with van der Waals surface area (Å²) >= 11 is 3.22. The van der Waals surface area contributed by atoms with E-state index in [2.05, 4.69) is 21.0 Å². The lowest BCUT2D eigenvalue weighted by Gasteiger charge is -2.04. The number of alkyl halides is 2. The number of rotatable bonds is 1. The summed E-state index contributed by atoms with van der Waals surface area (Å²) in [6.07, 6.45) is -2.48. The average molecular weight is 275 g/mol. The predicted molar refractivity (Wildman–Crippen MR) is 58.1 cm³/mol. The summed E-state index contributed by atoms with van der Waals surface area (Å²) in [6.45, 7) is 1.74. The normalized spacial score (nSPS) is 11.6. The van der Waals surface area contributed by atoms with E-state index in [1.165, 1.54) is 6.07 Å². The molecule has 5 heteroatoms. The summed E-state index contributed by atoms with van der Waals surface area (Å²) < 4.78 is 27.9. The van der Waals surface area contributed by atoms with Gasteiger partial charge in [0.15, 0.2) is 0 Å². The lowest BCUT2D eigenvalue weighted by molar-refractivity contribution is 0.153. The van der Waals surface area contributed by atoms with Gasteiger partial charge in [-0.1, -0.05) is 15.9 Å². The molecule has 0 fully saturated rings. The molecular formula is C10H9BrF2N2. The Bertz CT molecular complexity index is 520.